The molecular weight excluding hydrogens is 528 g/mol. The van der Waals surface area contributed by atoms with Gasteiger partial charge < -0.3 is 21.3 Å². The van der Waals surface area contributed by atoms with Crippen LogP contribution in [0, 0.1) is 11.3 Å². The van der Waals surface area contributed by atoms with Crippen molar-refractivity contribution in [3.8, 4) is 6.07 Å². The zero-order valence-electron chi connectivity index (χ0n) is 22.6. The van der Waals surface area contributed by atoms with Crippen LogP contribution in [0.25, 0.3) is 0 Å². The number of benzene rings is 1. The molecule has 2 heterocycles. The molecule has 0 spiro atoms. The summed E-state index contributed by atoms with van der Waals surface area (Å²) in [5.41, 5.74) is 3.69. The summed E-state index contributed by atoms with van der Waals surface area (Å²) >= 11 is 0. The highest BCUT2D eigenvalue weighted by molar-refractivity contribution is 5.74. The minimum absolute atomic E-state index is 0.0491. The summed E-state index contributed by atoms with van der Waals surface area (Å²) in [5.74, 6) is -1.00. The Hall–Kier alpha value is -4.11. The molecule has 2 fully saturated rings. The Bertz CT molecular complexity index is 1440. The number of nitrogens with zero attached hydrogens (tertiary/aromatic N) is 4. The number of anilines is 2. The van der Waals surface area contributed by atoms with Crippen molar-refractivity contribution >= 4 is 17.7 Å². The van der Waals surface area contributed by atoms with Crippen molar-refractivity contribution in [3.05, 3.63) is 64.7 Å². The molecule has 0 saturated heterocycles. The van der Waals surface area contributed by atoms with E-state index in [0.717, 1.165) is 44.1 Å². The van der Waals surface area contributed by atoms with Crippen LogP contribution in [0.5, 0.6) is 0 Å². The maximum atomic E-state index is 13.2. The van der Waals surface area contributed by atoms with Crippen molar-refractivity contribution in [2.45, 2.75) is 87.9 Å². The lowest BCUT2D eigenvalue weighted by atomic mass is 9.79. The number of fused-ring (bicyclic) bond motifs is 1. The number of halogens is 2. The fourth-order valence-electron chi connectivity index (χ4n) is 6.06. The fourth-order valence-corrected chi connectivity index (χ4v) is 6.06. The summed E-state index contributed by atoms with van der Waals surface area (Å²) in [6.07, 6.45) is 6.56. The number of carbonyl (C=O) groups is 1. The van der Waals surface area contributed by atoms with Crippen molar-refractivity contribution in [2.75, 3.05) is 5.32 Å². The molecule has 3 aliphatic carbocycles. The van der Waals surface area contributed by atoms with E-state index in [1.807, 2.05) is 18.2 Å². The fraction of sp³-hybridized carbons (Fsp3) is 0.483. The van der Waals surface area contributed by atoms with Crippen molar-refractivity contribution in [1.82, 2.24) is 36.1 Å². The van der Waals surface area contributed by atoms with Gasteiger partial charge in [-0.05, 0) is 67.9 Å². The van der Waals surface area contributed by atoms with Gasteiger partial charge in [0, 0.05) is 54.8 Å². The number of hydrogen-bond donors (Lipinski definition) is 5. The lowest BCUT2D eigenvalue weighted by molar-refractivity contribution is -0.0876. The molecule has 3 aliphatic rings. The Morgan fingerprint density at radius 2 is 1.76 bits per heavy atom. The lowest BCUT2D eigenvalue weighted by Crippen LogP contribution is -2.48. The van der Waals surface area contributed by atoms with Gasteiger partial charge in [-0.15, -0.1) is 0 Å². The number of aromatic nitrogens is 4. The zero-order valence-corrected chi connectivity index (χ0v) is 22.6. The largest absolute Gasteiger partial charge is 0.335 e. The van der Waals surface area contributed by atoms with Gasteiger partial charge in [0.1, 0.15) is 11.6 Å². The minimum Gasteiger partial charge on any atom is -0.335 e. The number of rotatable bonds is 8. The third-order valence-corrected chi connectivity index (χ3v) is 8.30. The van der Waals surface area contributed by atoms with E-state index in [4.69, 9.17) is 5.26 Å². The van der Waals surface area contributed by atoms with Gasteiger partial charge in [0.05, 0.1) is 18.2 Å². The Morgan fingerprint density at radius 1 is 1.00 bits per heavy atom. The molecule has 12 heteroatoms. The van der Waals surface area contributed by atoms with Crippen LogP contribution in [0.15, 0.2) is 36.5 Å². The van der Waals surface area contributed by atoms with Crippen LogP contribution in [0.4, 0.5) is 25.2 Å². The van der Waals surface area contributed by atoms with E-state index in [9.17, 15) is 13.6 Å². The monoisotopic (exact) mass is 561 g/mol. The average Bonchev–Trinajstić information content (AvgIpc) is 3.57. The van der Waals surface area contributed by atoms with Crippen LogP contribution < -0.4 is 21.3 Å². The van der Waals surface area contributed by atoms with E-state index in [1.54, 1.807) is 18.3 Å². The van der Waals surface area contributed by atoms with Gasteiger partial charge in [-0.1, -0.05) is 6.07 Å². The number of nitriles is 1. The van der Waals surface area contributed by atoms with Crippen LogP contribution in [0.2, 0.25) is 0 Å². The molecule has 3 aromatic rings. The van der Waals surface area contributed by atoms with E-state index < -0.39 is 5.92 Å². The third-order valence-electron chi connectivity index (χ3n) is 8.30. The molecule has 1 atom stereocenters. The van der Waals surface area contributed by atoms with E-state index in [1.165, 1.54) is 5.56 Å². The van der Waals surface area contributed by atoms with Crippen molar-refractivity contribution < 1.29 is 13.6 Å². The molecule has 2 aromatic heterocycles. The van der Waals surface area contributed by atoms with Crippen molar-refractivity contribution in [2.24, 2.45) is 0 Å². The highest BCUT2D eigenvalue weighted by Crippen LogP contribution is 2.48. The molecule has 0 aliphatic heterocycles. The number of H-pyrrole nitrogens is 1. The van der Waals surface area contributed by atoms with Gasteiger partial charge in [-0.25, -0.2) is 23.5 Å². The molecule has 214 valence electrons. The molecule has 1 unspecified atom stereocenters. The highest BCUT2D eigenvalue weighted by Gasteiger charge is 2.46. The molecule has 10 nitrogen and oxygen atoms in total. The normalized spacial score (nSPS) is 23.2. The molecule has 41 heavy (non-hydrogen) atoms. The summed E-state index contributed by atoms with van der Waals surface area (Å²) < 4.78 is 26.3. The Morgan fingerprint density at radius 3 is 2.54 bits per heavy atom. The average molecular weight is 562 g/mol. The van der Waals surface area contributed by atoms with Crippen molar-refractivity contribution in [1.29, 1.82) is 5.26 Å². The Labute approximate surface area is 236 Å². The molecule has 2 saturated carbocycles. The Balaban J connectivity index is 0.908. The van der Waals surface area contributed by atoms with Gasteiger partial charge in [0.15, 0.2) is 5.82 Å². The standard InChI is InChI=1S/C29H33F2N9O/c30-29(31)13-20(14-29)24-12-26(40-39-24)37-25-7-8-33-27(38-25)16-34-21-3-5-22(6-4-21)35-28(41)36-23-10-18-2-1-17(15-32)9-19(18)11-23/h1-2,7-9,12,20-23,34H,3-6,10-11,13-14,16H2,(H2,35,36,41)(H2,33,37,38,39,40). The first kappa shape index (κ1) is 27.1. The minimum atomic E-state index is -2.57. The number of alkyl halides is 2. The van der Waals surface area contributed by atoms with Gasteiger partial charge in [0.2, 0.25) is 5.92 Å². The molecule has 6 rings (SSSR count). The van der Waals surface area contributed by atoms with E-state index >= 15 is 0 Å². The second kappa shape index (κ2) is 11.4. The molecule has 0 radical (unpaired) electrons. The second-order valence-electron chi connectivity index (χ2n) is 11.4. The number of amides is 2. The summed E-state index contributed by atoms with van der Waals surface area (Å²) in [7, 11) is 0. The summed E-state index contributed by atoms with van der Waals surface area (Å²) in [6.45, 7) is 0.511. The molecule has 5 N–H and O–H groups in total. The predicted octanol–water partition coefficient (Wildman–Crippen LogP) is 4.20. The topological polar surface area (TPSA) is 143 Å². The molecular formula is C29H33F2N9O. The van der Waals surface area contributed by atoms with Gasteiger partial charge in [-0.3, -0.25) is 5.10 Å². The van der Waals surface area contributed by atoms with E-state index in [0.29, 0.717) is 41.3 Å². The SMILES string of the molecule is N#Cc1ccc2c(c1)CC(NC(=O)NC1CCC(NCc3nccc(Nc4cc(C5CC(F)(F)C5)[nH]n4)n3)CC1)C2. The number of aromatic amines is 1. The number of hydrogen-bond acceptors (Lipinski definition) is 7. The van der Waals surface area contributed by atoms with E-state index in [2.05, 4.69) is 47.5 Å². The van der Waals surface area contributed by atoms with Gasteiger partial charge in [-0.2, -0.15) is 10.4 Å². The van der Waals surface area contributed by atoms with Gasteiger partial charge in [0.25, 0.3) is 0 Å². The highest BCUT2D eigenvalue weighted by atomic mass is 19.3. The second-order valence-corrected chi connectivity index (χ2v) is 11.4. The first-order valence-corrected chi connectivity index (χ1v) is 14.2. The zero-order chi connectivity index (χ0) is 28.4. The number of urea groups is 1. The quantitative estimate of drug-likeness (QED) is 0.277. The molecule has 1 aromatic carbocycles. The van der Waals surface area contributed by atoms with Crippen LogP contribution in [0.1, 0.15) is 72.7 Å². The summed E-state index contributed by atoms with van der Waals surface area (Å²) in [4.78, 5) is 21.5. The smallest absolute Gasteiger partial charge is 0.315 e. The summed E-state index contributed by atoms with van der Waals surface area (Å²) in [5, 5.41) is 29.0. The van der Waals surface area contributed by atoms with Gasteiger partial charge >= 0.3 is 6.03 Å². The van der Waals surface area contributed by atoms with Crippen molar-refractivity contribution in [3.63, 3.8) is 0 Å². The maximum Gasteiger partial charge on any atom is 0.315 e. The molecule has 2 amide bonds. The van der Waals surface area contributed by atoms with Crippen LogP contribution in [-0.4, -0.2) is 50.2 Å². The van der Waals surface area contributed by atoms with Crippen LogP contribution in [0.3, 0.4) is 0 Å². The van der Waals surface area contributed by atoms with Crippen LogP contribution >= 0.6 is 0 Å². The third kappa shape index (κ3) is 6.62. The molecule has 0 bridgehead atoms. The Kier molecular flexibility index (Phi) is 7.53. The predicted molar refractivity (Wildman–Crippen MR) is 148 cm³/mol. The first-order chi connectivity index (χ1) is 19.8. The van der Waals surface area contributed by atoms with Crippen LogP contribution in [-0.2, 0) is 19.4 Å². The first-order valence-electron chi connectivity index (χ1n) is 14.2. The van der Waals surface area contributed by atoms with E-state index in [-0.39, 0.29) is 36.9 Å². The number of nitrogens with one attached hydrogen (secondary N) is 5. The number of carbonyl (C=O) groups excluding carboxylic acids is 1. The summed E-state index contributed by atoms with van der Waals surface area (Å²) in [6, 6.07) is 11.8. The lowest BCUT2D eigenvalue weighted by Gasteiger charge is -2.33. The maximum absolute atomic E-state index is 13.2.